The van der Waals surface area contributed by atoms with Crippen LogP contribution in [0.4, 0.5) is 4.79 Å². The van der Waals surface area contributed by atoms with Crippen LogP contribution in [-0.4, -0.2) is 41.9 Å². The average Bonchev–Trinajstić information content (AvgIpc) is 2.10. The summed E-state index contributed by atoms with van der Waals surface area (Å²) >= 11 is 0. The van der Waals surface area contributed by atoms with E-state index in [1.165, 1.54) is 6.29 Å². The van der Waals surface area contributed by atoms with E-state index in [4.69, 9.17) is 10.5 Å². The van der Waals surface area contributed by atoms with E-state index in [-0.39, 0.29) is 6.54 Å². The van der Waals surface area contributed by atoms with Crippen LogP contribution in [0.15, 0.2) is 0 Å². The van der Waals surface area contributed by atoms with Gasteiger partial charge in [-0.1, -0.05) is 0 Å². The second kappa shape index (κ2) is 5.45. The van der Waals surface area contributed by atoms with E-state index in [2.05, 4.69) is 0 Å². The molecule has 0 saturated carbocycles. The van der Waals surface area contributed by atoms with Gasteiger partial charge in [-0.25, -0.2) is 9.69 Å². The monoisotopic (exact) mass is 215 g/mol. The highest BCUT2D eigenvalue weighted by atomic mass is 16.6. The molecule has 0 aliphatic rings. The number of imide groups is 1. The molecule has 0 fully saturated rings. The van der Waals surface area contributed by atoms with Gasteiger partial charge in [0.15, 0.2) is 0 Å². The summed E-state index contributed by atoms with van der Waals surface area (Å²) < 4.78 is 4.91. The van der Waals surface area contributed by atoms with Crippen molar-refractivity contribution in [2.45, 2.75) is 26.4 Å². The number of hydrogen-bond acceptors (Lipinski definition) is 5. The smallest absolute Gasteiger partial charge is 0.417 e. The number of carbonyl (C=O) groups is 2. The molecule has 15 heavy (non-hydrogen) atoms. The molecule has 2 N–H and O–H groups in total. The highest BCUT2D eigenvalue weighted by Crippen LogP contribution is 2.09. The van der Waals surface area contributed by atoms with Crippen LogP contribution >= 0.6 is 0 Å². The molecule has 0 saturated heterocycles. The number of carbonyl (C=O) groups excluding carboxylic acids is 3. The molecule has 0 heterocycles. The van der Waals surface area contributed by atoms with Crippen LogP contribution < -0.4 is 5.73 Å². The van der Waals surface area contributed by atoms with Gasteiger partial charge < -0.3 is 10.5 Å². The van der Waals surface area contributed by atoms with Gasteiger partial charge in [0.1, 0.15) is 5.60 Å². The molecule has 0 aromatic heterocycles. The van der Waals surface area contributed by atoms with Crippen LogP contribution in [0, 0.1) is 0 Å². The van der Waals surface area contributed by atoms with Crippen molar-refractivity contribution in [3.05, 3.63) is 0 Å². The van der Waals surface area contributed by atoms with Gasteiger partial charge in [-0.2, -0.15) is 0 Å². The van der Waals surface area contributed by atoms with Crippen molar-refractivity contribution in [3.63, 3.8) is 0 Å². The Morgan fingerprint density at radius 3 is 2.27 bits per heavy atom. The normalized spacial score (nSPS) is 10.7. The standard InChI is InChI=1S/C9H15N2O4/c1-9(2,3)15-8(14)11(4-5-12)7(13)6-10/h4,6,10H2,1-3H3. The number of hydrogen-bond donors (Lipinski definition) is 1. The second-order valence-corrected chi connectivity index (χ2v) is 3.81. The minimum absolute atomic E-state index is 0.360. The van der Waals surface area contributed by atoms with E-state index in [9.17, 15) is 14.4 Å². The van der Waals surface area contributed by atoms with Gasteiger partial charge >= 0.3 is 6.09 Å². The molecule has 1 radical (unpaired) electrons. The third-order valence-corrected chi connectivity index (χ3v) is 1.31. The molecule has 6 heteroatoms. The Kier molecular flexibility index (Phi) is 4.93. The Morgan fingerprint density at radius 1 is 1.40 bits per heavy atom. The number of nitrogens with two attached hydrogens (primary N) is 1. The Labute approximate surface area is 88.4 Å². The summed E-state index contributed by atoms with van der Waals surface area (Å²) in [5.41, 5.74) is 4.35. The molecule has 2 amide bonds. The predicted octanol–water partition coefficient (Wildman–Crippen LogP) is -0.181. The lowest BCUT2D eigenvalue weighted by molar-refractivity contribution is -0.128. The molecule has 0 aliphatic heterocycles. The van der Waals surface area contributed by atoms with E-state index in [1.54, 1.807) is 20.8 Å². The van der Waals surface area contributed by atoms with Crippen molar-refractivity contribution >= 4 is 18.3 Å². The number of nitrogens with zero attached hydrogens (tertiary/aromatic N) is 1. The Bertz CT molecular complexity index is 257. The first-order valence-electron chi connectivity index (χ1n) is 4.40. The van der Waals surface area contributed by atoms with Gasteiger partial charge in [0.2, 0.25) is 12.2 Å². The minimum Gasteiger partial charge on any atom is -0.443 e. The Balaban J connectivity index is 4.56. The summed E-state index contributed by atoms with van der Waals surface area (Å²) in [5.74, 6) is -0.674. The largest absolute Gasteiger partial charge is 0.443 e. The van der Waals surface area contributed by atoms with Crippen molar-refractivity contribution in [2.24, 2.45) is 5.73 Å². The zero-order valence-electron chi connectivity index (χ0n) is 9.07. The summed E-state index contributed by atoms with van der Waals surface area (Å²) in [6, 6.07) is 0. The summed E-state index contributed by atoms with van der Waals surface area (Å²) in [5, 5.41) is 0. The van der Waals surface area contributed by atoms with Crippen LogP contribution in [0.25, 0.3) is 0 Å². The Hall–Kier alpha value is -1.43. The maximum atomic E-state index is 11.4. The van der Waals surface area contributed by atoms with Gasteiger partial charge in [0.25, 0.3) is 0 Å². The molecule has 0 bridgehead atoms. The van der Waals surface area contributed by atoms with E-state index in [0.29, 0.717) is 4.90 Å². The minimum atomic E-state index is -0.888. The highest BCUT2D eigenvalue weighted by Gasteiger charge is 2.25. The third kappa shape index (κ3) is 5.11. The molecule has 0 unspecified atom stereocenters. The first-order chi connectivity index (χ1) is 6.81. The maximum Gasteiger partial charge on any atom is 0.417 e. The number of ether oxygens (including phenoxy) is 1. The van der Waals surface area contributed by atoms with Crippen molar-refractivity contribution < 1.29 is 19.1 Å². The summed E-state index contributed by atoms with van der Waals surface area (Å²) in [6.45, 7) is 4.13. The average molecular weight is 215 g/mol. The van der Waals surface area contributed by atoms with Gasteiger partial charge in [0, 0.05) is 0 Å². The zero-order valence-corrected chi connectivity index (χ0v) is 9.07. The van der Waals surface area contributed by atoms with Crippen molar-refractivity contribution in [3.8, 4) is 0 Å². The summed E-state index contributed by atoms with van der Waals surface area (Å²) in [7, 11) is 0. The quantitative estimate of drug-likeness (QED) is 0.705. The molecular weight excluding hydrogens is 200 g/mol. The molecule has 0 aliphatic carbocycles. The molecule has 0 aromatic rings. The zero-order chi connectivity index (χ0) is 12.1. The van der Waals surface area contributed by atoms with Crippen molar-refractivity contribution in [1.29, 1.82) is 0 Å². The highest BCUT2D eigenvalue weighted by molar-refractivity contribution is 5.94. The molecule has 0 spiro atoms. The lowest BCUT2D eigenvalue weighted by Gasteiger charge is -2.24. The fourth-order valence-electron chi connectivity index (χ4n) is 0.746. The maximum absolute atomic E-state index is 11.4. The van der Waals surface area contributed by atoms with Crippen molar-refractivity contribution in [2.75, 3.05) is 13.1 Å². The summed E-state index contributed by atoms with van der Waals surface area (Å²) in [6.07, 6.45) is 0.561. The number of amides is 2. The molecule has 0 atom stereocenters. The molecule has 0 rings (SSSR count). The van der Waals surface area contributed by atoms with E-state index >= 15 is 0 Å². The van der Waals surface area contributed by atoms with Crippen LogP contribution in [0.5, 0.6) is 0 Å². The van der Waals surface area contributed by atoms with Gasteiger partial charge in [-0.05, 0) is 20.8 Å². The van der Waals surface area contributed by atoms with Gasteiger partial charge in [-0.3, -0.25) is 9.59 Å². The summed E-state index contributed by atoms with van der Waals surface area (Å²) in [4.78, 5) is 33.3. The molecule has 6 nitrogen and oxygen atoms in total. The first-order valence-corrected chi connectivity index (χ1v) is 4.40. The van der Waals surface area contributed by atoms with Gasteiger partial charge in [0.05, 0.1) is 13.1 Å². The first kappa shape index (κ1) is 13.6. The SMILES string of the molecule is CC(C)(C)OC(=O)N(C[C]=O)C(=O)CN. The topological polar surface area (TPSA) is 89.7 Å². The van der Waals surface area contributed by atoms with Crippen molar-refractivity contribution in [1.82, 2.24) is 4.90 Å². The van der Waals surface area contributed by atoms with Crippen LogP contribution in [0.1, 0.15) is 20.8 Å². The third-order valence-electron chi connectivity index (χ3n) is 1.31. The van der Waals surface area contributed by atoms with E-state index < -0.39 is 24.1 Å². The predicted molar refractivity (Wildman–Crippen MR) is 52.7 cm³/mol. The van der Waals surface area contributed by atoms with E-state index in [0.717, 1.165) is 0 Å². The molecule has 0 aromatic carbocycles. The van der Waals surface area contributed by atoms with Crippen LogP contribution in [0.3, 0.4) is 0 Å². The van der Waals surface area contributed by atoms with Gasteiger partial charge in [-0.15, -0.1) is 0 Å². The Morgan fingerprint density at radius 2 is 1.93 bits per heavy atom. The van der Waals surface area contributed by atoms with Crippen LogP contribution in [0.2, 0.25) is 0 Å². The second-order valence-electron chi connectivity index (χ2n) is 3.81. The lowest BCUT2D eigenvalue weighted by Crippen LogP contribution is -2.44. The fourth-order valence-corrected chi connectivity index (χ4v) is 0.746. The molecular formula is C9H15N2O4. The fraction of sp³-hybridized carbons (Fsp3) is 0.667. The van der Waals surface area contributed by atoms with Crippen LogP contribution in [-0.2, 0) is 14.3 Å². The number of rotatable bonds is 3. The van der Waals surface area contributed by atoms with E-state index in [1.807, 2.05) is 0 Å². The molecule has 85 valence electrons. The lowest BCUT2D eigenvalue weighted by atomic mass is 10.2.